The number of rotatable bonds is 3. The molecule has 0 saturated heterocycles. The van der Waals surface area contributed by atoms with Gasteiger partial charge in [0.15, 0.2) is 0 Å². The average molecular weight is 353 g/mol. The van der Waals surface area contributed by atoms with Crippen LogP contribution < -0.4 is 5.14 Å². The van der Waals surface area contributed by atoms with E-state index in [1.54, 1.807) is 7.05 Å². The summed E-state index contributed by atoms with van der Waals surface area (Å²) in [4.78, 5) is 13.5. The molecule has 5 nitrogen and oxygen atoms in total. The molecule has 1 aromatic carbocycles. The molecule has 0 bridgehead atoms. The van der Waals surface area contributed by atoms with Crippen LogP contribution in [0.5, 0.6) is 0 Å². The maximum atomic E-state index is 12.4. The predicted octanol–water partition coefficient (Wildman–Crippen LogP) is 2.76. The second kappa shape index (κ2) is 6.12. The van der Waals surface area contributed by atoms with E-state index in [1.807, 2.05) is 20.8 Å². The first-order valence-electron chi connectivity index (χ1n) is 6.10. The molecule has 0 aromatic heterocycles. The monoisotopic (exact) mass is 352 g/mol. The summed E-state index contributed by atoms with van der Waals surface area (Å²) in [6.45, 7) is 6.46. The second-order valence-electron chi connectivity index (χ2n) is 6.04. The molecule has 0 aliphatic carbocycles. The lowest BCUT2D eigenvalue weighted by atomic mass is 9.96. The summed E-state index contributed by atoms with van der Waals surface area (Å²) in [6, 6.07) is 2.48. The molecular weight excluding hydrogens is 335 g/mol. The van der Waals surface area contributed by atoms with Crippen molar-refractivity contribution < 1.29 is 13.2 Å². The molecule has 1 amide bonds. The van der Waals surface area contributed by atoms with Crippen LogP contribution in [0, 0.1) is 5.41 Å². The van der Waals surface area contributed by atoms with Gasteiger partial charge in [0.25, 0.3) is 5.91 Å². The summed E-state index contributed by atoms with van der Waals surface area (Å²) in [7, 11) is -2.43. The first-order valence-corrected chi connectivity index (χ1v) is 8.40. The topological polar surface area (TPSA) is 80.5 Å². The lowest BCUT2D eigenvalue weighted by Crippen LogP contribution is -2.34. The molecule has 8 heteroatoms. The Hall–Kier alpha value is -0.820. The van der Waals surface area contributed by atoms with Gasteiger partial charge in [-0.1, -0.05) is 44.0 Å². The fraction of sp³-hybridized carbons (Fsp3) is 0.462. The summed E-state index contributed by atoms with van der Waals surface area (Å²) >= 11 is 11.7. The molecule has 0 heterocycles. The number of nitrogens with two attached hydrogens (primary N) is 1. The first kappa shape index (κ1) is 18.2. The van der Waals surface area contributed by atoms with E-state index < -0.39 is 10.0 Å². The van der Waals surface area contributed by atoms with E-state index in [0.29, 0.717) is 6.54 Å². The molecule has 1 aromatic rings. The fourth-order valence-corrected chi connectivity index (χ4v) is 3.26. The van der Waals surface area contributed by atoms with E-state index in [1.165, 1.54) is 11.0 Å². The molecule has 118 valence electrons. The number of carbonyl (C=O) groups is 1. The minimum Gasteiger partial charge on any atom is -0.341 e. The highest BCUT2D eigenvalue weighted by Gasteiger charge is 2.23. The van der Waals surface area contributed by atoms with Crippen molar-refractivity contribution in [3.05, 3.63) is 27.7 Å². The number of sulfonamides is 1. The molecule has 0 aliphatic rings. The van der Waals surface area contributed by atoms with Crippen LogP contribution in [-0.2, 0) is 10.0 Å². The van der Waals surface area contributed by atoms with Crippen LogP contribution in [0.25, 0.3) is 0 Å². The van der Waals surface area contributed by atoms with Crippen LogP contribution in [0.3, 0.4) is 0 Å². The molecular formula is C13H18Cl2N2O3S. The van der Waals surface area contributed by atoms with Gasteiger partial charge in [0, 0.05) is 19.2 Å². The molecule has 0 radical (unpaired) electrons. The summed E-state index contributed by atoms with van der Waals surface area (Å²) in [5.41, 5.74) is 0.0313. The van der Waals surface area contributed by atoms with Crippen molar-refractivity contribution >= 4 is 39.1 Å². The largest absolute Gasteiger partial charge is 0.341 e. The fourth-order valence-electron chi connectivity index (χ4n) is 1.90. The van der Waals surface area contributed by atoms with Crippen LogP contribution in [0.15, 0.2) is 17.0 Å². The number of amides is 1. The van der Waals surface area contributed by atoms with Crippen molar-refractivity contribution in [3.63, 3.8) is 0 Å². The normalized spacial score (nSPS) is 12.3. The van der Waals surface area contributed by atoms with Gasteiger partial charge < -0.3 is 4.90 Å². The minimum atomic E-state index is -4.06. The van der Waals surface area contributed by atoms with Gasteiger partial charge in [-0.25, -0.2) is 13.6 Å². The smallest absolute Gasteiger partial charge is 0.253 e. The Morgan fingerprint density at radius 3 is 2.24 bits per heavy atom. The molecule has 0 atom stereocenters. The lowest BCUT2D eigenvalue weighted by molar-refractivity contribution is 0.0745. The summed E-state index contributed by atoms with van der Waals surface area (Å²) in [6.07, 6.45) is 0. The Balaban J connectivity index is 3.27. The molecule has 0 spiro atoms. The predicted molar refractivity (Wildman–Crippen MR) is 84.3 cm³/mol. The van der Waals surface area contributed by atoms with Crippen LogP contribution in [0.1, 0.15) is 31.1 Å². The maximum Gasteiger partial charge on any atom is 0.253 e. The highest BCUT2D eigenvalue weighted by Crippen LogP contribution is 2.30. The Morgan fingerprint density at radius 2 is 1.81 bits per heavy atom. The highest BCUT2D eigenvalue weighted by molar-refractivity contribution is 7.89. The third-order valence-electron chi connectivity index (χ3n) is 2.61. The van der Waals surface area contributed by atoms with E-state index in [9.17, 15) is 13.2 Å². The minimum absolute atomic E-state index is 0.0318. The summed E-state index contributed by atoms with van der Waals surface area (Å²) < 4.78 is 23.0. The number of nitrogens with zero attached hydrogens (tertiary/aromatic N) is 1. The van der Waals surface area contributed by atoms with Crippen molar-refractivity contribution in [2.24, 2.45) is 10.6 Å². The van der Waals surface area contributed by atoms with E-state index in [-0.39, 0.29) is 31.8 Å². The van der Waals surface area contributed by atoms with Crippen LogP contribution in [-0.4, -0.2) is 32.8 Å². The standard InChI is InChI=1S/C13H18Cl2N2O3S/c1-13(2,3)7-17(4)12(18)8-5-9(14)11(15)10(6-8)21(16,19)20/h5-6H,7H2,1-4H3,(H2,16,19,20). The number of hydrogen-bond donors (Lipinski definition) is 1. The van der Waals surface area contributed by atoms with Crippen molar-refractivity contribution in [1.82, 2.24) is 4.90 Å². The second-order valence-corrected chi connectivity index (χ2v) is 8.35. The molecule has 0 fully saturated rings. The van der Waals surface area contributed by atoms with Crippen molar-refractivity contribution in [2.45, 2.75) is 25.7 Å². The van der Waals surface area contributed by atoms with Crippen LogP contribution in [0.4, 0.5) is 0 Å². The van der Waals surface area contributed by atoms with Gasteiger partial charge in [0.1, 0.15) is 4.90 Å². The summed E-state index contributed by atoms with van der Waals surface area (Å²) in [5, 5.41) is 4.86. The Kier molecular flexibility index (Phi) is 5.31. The highest BCUT2D eigenvalue weighted by atomic mass is 35.5. The van der Waals surface area contributed by atoms with Gasteiger partial charge in [-0.3, -0.25) is 4.79 Å². The zero-order chi connectivity index (χ0) is 16.6. The third kappa shape index (κ3) is 4.85. The van der Waals surface area contributed by atoms with Crippen molar-refractivity contribution in [3.8, 4) is 0 Å². The lowest BCUT2D eigenvalue weighted by Gasteiger charge is -2.26. The van der Waals surface area contributed by atoms with E-state index in [0.717, 1.165) is 6.07 Å². The number of primary sulfonamides is 1. The van der Waals surface area contributed by atoms with Crippen molar-refractivity contribution in [1.29, 1.82) is 0 Å². The van der Waals surface area contributed by atoms with Gasteiger partial charge >= 0.3 is 0 Å². The molecule has 1 rings (SSSR count). The van der Waals surface area contributed by atoms with Crippen LogP contribution in [0.2, 0.25) is 10.0 Å². The van der Waals surface area contributed by atoms with Gasteiger partial charge in [-0.2, -0.15) is 0 Å². The van der Waals surface area contributed by atoms with E-state index in [2.05, 4.69) is 0 Å². The average Bonchev–Trinajstić information content (AvgIpc) is 2.27. The molecule has 0 aliphatic heterocycles. The zero-order valence-electron chi connectivity index (χ0n) is 12.3. The van der Waals surface area contributed by atoms with Gasteiger partial charge in [0.05, 0.1) is 10.0 Å². The quantitative estimate of drug-likeness (QED) is 0.907. The number of benzene rings is 1. The van der Waals surface area contributed by atoms with Gasteiger partial charge in [-0.05, 0) is 17.5 Å². The van der Waals surface area contributed by atoms with E-state index in [4.69, 9.17) is 28.3 Å². The summed E-state index contributed by atoms with van der Waals surface area (Å²) in [5.74, 6) is -0.353. The SMILES string of the molecule is CN(CC(C)(C)C)C(=O)c1cc(Cl)c(Cl)c(S(N)(=O)=O)c1. The molecule has 0 unspecified atom stereocenters. The zero-order valence-corrected chi connectivity index (χ0v) is 14.6. The third-order valence-corrected chi connectivity index (χ3v) is 4.46. The maximum absolute atomic E-state index is 12.4. The Bertz CT molecular complexity index is 667. The van der Waals surface area contributed by atoms with Crippen LogP contribution >= 0.6 is 23.2 Å². The Morgan fingerprint density at radius 1 is 1.29 bits per heavy atom. The molecule has 2 N–H and O–H groups in total. The molecule has 0 saturated carbocycles. The first-order chi connectivity index (χ1) is 9.33. The Labute approximate surface area is 135 Å². The van der Waals surface area contributed by atoms with Gasteiger partial charge in [0.2, 0.25) is 10.0 Å². The van der Waals surface area contributed by atoms with Crippen molar-refractivity contribution in [2.75, 3.05) is 13.6 Å². The van der Waals surface area contributed by atoms with Gasteiger partial charge in [-0.15, -0.1) is 0 Å². The molecule has 21 heavy (non-hydrogen) atoms. The number of halogens is 2. The number of carbonyl (C=O) groups excluding carboxylic acids is 1. The number of hydrogen-bond acceptors (Lipinski definition) is 3. The van der Waals surface area contributed by atoms with E-state index >= 15 is 0 Å².